The Kier molecular flexibility index (Phi) is 4.84. The first-order valence-corrected chi connectivity index (χ1v) is 8.95. The molecule has 0 unspecified atom stereocenters. The lowest BCUT2D eigenvalue weighted by atomic mass is 9.83. The molecular formula is C19H18N2O4S. The summed E-state index contributed by atoms with van der Waals surface area (Å²) < 4.78 is 9.38. The molecule has 1 aromatic rings. The van der Waals surface area contributed by atoms with Crippen LogP contribution in [0.4, 0.5) is 5.69 Å². The van der Waals surface area contributed by atoms with E-state index in [2.05, 4.69) is 13.8 Å². The van der Waals surface area contributed by atoms with Crippen molar-refractivity contribution >= 4 is 23.5 Å². The zero-order valence-corrected chi connectivity index (χ0v) is 15.2. The summed E-state index contributed by atoms with van der Waals surface area (Å²) in [7, 11) is 0. The Morgan fingerprint density at radius 3 is 2.69 bits per heavy atom. The van der Waals surface area contributed by atoms with Gasteiger partial charge in [-0.1, -0.05) is 32.0 Å². The smallest absolute Gasteiger partial charge is 0.270 e. The molecular weight excluding hydrogens is 352 g/mol. The van der Waals surface area contributed by atoms with Gasteiger partial charge in [0.15, 0.2) is 5.78 Å². The summed E-state index contributed by atoms with van der Waals surface area (Å²) in [5.41, 5.74) is 2.84. The summed E-state index contributed by atoms with van der Waals surface area (Å²) >= 11 is 0.718. The minimum Gasteiger partial charge on any atom is -0.332 e. The predicted octanol–water partition coefficient (Wildman–Crippen LogP) is 4.06. The number of rotatable bonds is 4. The van der Waals surface area contributed by atoms with Crippen LogP contribution in [0.5, 0.6) is 0 Å². The number of nitrogens with zero attached hydrogens (tertiary/aromatic N) is 2. The van der Waals surface area contributed by atoms with Gasteiger partial charge in [-0.2, -0.15) is 0 Å². The van der Waals surface area contributed by atoms with Gasteiger partial charge in [0, 0.05) is 46.6 Å². The maximum Gasteiger partial charge on any atom is 0.270 e. The minimum absolute atomic E-state index is 0.119. The van der Waals surface area contributed by atoms with Crippen LogP contribution in [0.3, 0.4) is 0 Å². The predicted molar refractivity (Wildman–Crippen MR) is 102 cm³/mol. The van der Waals surface area contributed by atoms with Crippen molar-refractivity contribution in [2.45, 2.75) is 19.3 Å². The quantitative estimate of drug-likeness (QED) is 0.372. The molecule has 3 rings (SSSR count). The number of fused-ring (bicyclic) bond motifs is 1. The summed E-state index contributed by atoms with van der Waals surface area (Å²) in [6.07, 6.45) is 7.10. The first-order chi connectivity index (χ1) is 12.4. The average Bonchev–Trinajstić information content (AvgIpc) is 2.82. The molecule has 0 aromatic heterocycles. The second kappa shape index (κ2) is 6.93. The summed E-state index contributed by atoms with van der Waals surface area (Å²) in [6.45, 7) is 4.14. The number of ketones is 1. The van der Waals surface area contributed by atoms with Crippen LogP contribution in [0.25, 0.3) is 0 Å². The fourth-order valence-corrected chi connectivity index (χ4v) is 3.68. The van der Waals surface area contributed by atoms with Crippen LogP contribution >= 0.6 is 12.0 Å². The van der Waals surface area contributed by atoms with E-state index in [1.165, 1.54) is 18.2 Å². The van der Waals surface area contributed by atoms with Crippen LogP contribution in [-0.2, 0) is 10.2 Å². The summed E-state index contributed by atoms with van der Waals surface area (Å²) in [5.74, 6) is 0.0723. The van der Waals surface area contributed by atoms with Crippen molar-refractivity contribution in [3.05, 3.63) is 87.3 Å². The minimum atomic E-state index is -0.520. The maximum absolute atomic E-state index is 12.0. The topological polar surface area (TPSA) is 83.7 Å². The van der Waals surface area contributed by atoms with E-state index >= 15 is 0 Å². The van der Waals surface area contributed by atoms with E-state index < -0.39 is 4.92 Å². The lowest BCUT2D eigenvalue weighted by Crippen LogP contribution is -2.25. The van der Waals surface area contributed by atoms with E-state index in [4.69, 9.17) is 0 Å². The van der Waals surface area contributed by atoms with E-state index in [-0.39, 0.29) is 22.5 Å². The molecule has 7 heteroatoms. The normalized spacial score (nSPS) is 21.3. The van der Waals surface area contributed by atoms with Gasteiger partial charge in [-0.25, -0.2) is 0 Å². The van der Waals surface area contributed by atoms with Crippen molar-refractivity contribution < 1.29 is 14.3 Å². The molecule has 1 aliphatic heterocycles. The van der Waals surface area contributed by atoms with Gasteiger partial charge in [-0.3, -0.25) is 14.9 Å². The van der Waals surface area contributed by atoms with E-state index in [1.807, 2.05) is 29.2 Å². The number of carbonyl (C=O) groups is 1. The summed E-state index contributed by atoms with van der Waals surface area (Å²) in [5, 5.41) is 10.9. The lowest BCUT2D eigenvalue weighted by Gasteiger charge is -2.26. The first kappa shape index (κ1) is 18.2. The van der Waals surface area contributed by atoms with Crippen molar-refractivity contribution in [3.63, 3.8) is 0 Å². The number of carbonyl (C=O) groups excluding carboxylic acids is 1. The third-order valence-electron chi connectivity index (χ3n) is 4.61. The molecule has 1 aromatic carbocycles. The van der Waals surface area contributed by atoms with Gasteiger partial charge >= 0.3 is 0 Å². The van der Waals surface area contributed by atoms with Gasteiger partial charge in [0.2, 0.25) is 0 Å². The maximum atomic E-state index is 12.0. The van der Waals surface area contributed by atoms with Crippen LogP contribution in [-0.4, -0.2) is 21.1 Å². The first-order valence-electron chi connectivity index (χ1n) is 8.00. The van der Waals surface area contributed by atoms with Crippen LogP contribution in [0.2, 0.25) is 0 Å². The lowest BCUT2D eigenvalue weighted by molar-refractivity contribution is -0.419. The van der Waals surface area contributed by atoms with Gasteiger partial charge in [0.05, 0.1) is 10.8 Å². The fraction of sp³-hybridized carbons (Fsp3) is 0.211. The highest BCUT2D eigenvalue weighted by Gasteiger charge is 2.39. The van der Waals surface area contributed by atoms with Crippen LogP contribution in [0, 0.1) is 10.1 Å². The molecule has 1 aliphatic carbocycles. The molecule has 0 saturated carbocycles. The van der Waals surface area contributed by atoms with Gasteiger partial charge in [0.25, 0.3) is 5.70 Å². The number of hydrogen-bond acceptors (Lipinski definition) is 6. The van der Waals surface area contributed by atoms with Gasteiger partial charge in [-0.15, -0.1) is 0 Å². The molecule has 0 bridgehead atoms. The summed E-state index contributed by atoms with van der Waals surface area (Å²) in [6, 6.07) is 7.93. The highest BCUT2D eigenvalue weighted by atomic mass is 32.2. The number of para-hydroxylation sites is 1. The molecule has 1 N–H and O–H groups in total. The Balaban J connectivity index is 2.06. The molecule has 6 nitrogen and oxygen atoms in total. The molecule has 134 valence electrons. The molecule has 0 saturated heterocycles. The van der Waals surface area contributed by atoms with Crippen LogP contribution in [0.15, 0.2) is 71.6 Å². The second-order valence-corrected chi connectivity index (χ2v) is 7.04. The number of benzene rings is 1. The van der Waals surface area contributed by atoms with E-state index in [0.29, 0.717) is 5.88 Å². The van der Waals surface area contributed by atoms with Gasteiger partial charge in [0.1, 0.15) is 0 Å². The Morgan fingerprint density at radius 1 is 1.27 bits per heavy atom. The van der Waals surface area contributed by atoms with Crippen LogP contribution in [0.1, 0.15) is 19.4 Å². The highest BCUT2D eigenvalue weighted by molar-refractivity contribution is 7.93. The van der Waals surface area contributed by atoms with E-state index in [9.17, 15) is 19.5 Å². The third-order valence-corrected chi connectivity index (χ3v) is 4.98. The van der Waals surface area contributed by atoms with E-state index in [1.54, 1.807) is 12.2 Å². The Hall–Kier alpha value is -2.64. The largest absolute Gasteiger partial charge is 0.332 e. The van der Waals surface area contributed by atoms with Crippen molar-refractivity contribution in [2.24, 2.45) is 0 Å². The molecule has 0 atom stereocenters. The van der Waals surface area contributed by atoms with Gasteiger partial charge < -0.3 is 9.45 Å². The zero-order chi connectivity index (χ0) is 18.9. The summed E-state index contributed by atoms with van der Waals surface area (Å²) in [4.78, 5) is 24.5. The Bertz CT molecular complexity index is 897. The standard InChI is InChI=1S/C19H18N2O4S/c1-19(2)15-5-3-4-6-16(15)20(12-26-25)18(19)10-7-13-11-14(21(23)24)8-9-17(13)22/h3-11,25H,12H2,1-2H3/b13-7-,18-10+. The van der Waals surface area contributed by atoms with Gasteiger partial charge in [-0.05, 0) is 29.9 Å². The Morgan fingerprint density at radius 2 is 2.00 bits per heavy atom. The molecule has 0 amide bonds. The SMILES string of the molecule is CC1(C)/C(=C\C=C2\C=C([N+](=O)[O-])C=CC2=O)N(CSO)c2ccccc21. The molecule has 0 radical (unpaired) electrons. The number of anilines is 1. The molecule has 26 heavy (non-hydrogen) atoms. The third kappa shape index (κ3) is 3.11. The Labute approximate surface area is 155 Å². The van der Waals surface area contributed by atoms with Crippen LogP contribution < -0.4 is 4.90 Å². The monoisotopic (exact) mass is 370 g/mol. The van der Waals surface area contributed by atoms with Crippen molar-refractivity contribution in [1.82, 2.24) is 0 Å². The number of allylic oxidation sites excluding steroid dienone is 7. The fourth-order valence-electron chi connectivity index (χ4n) is 3.29. The second-order valence-electron chi connectivity index (χ2n) is 6.53. The molecule has 1 heterocycles. The highest BCUT2D eigenvalue weighted by Crippen LogP contribution is 2.48. The van der Waals surface area contributed by atoms with E-state index in [0.717, 1.165) is 29.0 Å². The molecule has 2 aliphatic rings. The zero-order valence-electron chi connectivity index (χ0n) is 14.4. The van der Waals surface area contributed by atoms with Crippen molar-refractivity contribution in [1.29, 1.82) is 0 Å². The average molecular weight is 370 g/mol. The molecule has 0 spiro atoms. The molecule has 0 fully saturated rings. The van der Waals surface area contributed by atoms with Crippen molar-refractivity contribution in [2.75, 3.05) is 10.8 Å². The number of nitro groups is 1. The number of hydrogen-bond donors (Lipinski definition) is 1. The van der Waals surface area contributed by atoms with Crippen molar-refractivity contribution in [3.8, 4) is 0 Å².